The van der Waals surface area contributed by atoms with Crippen LogP contribution < -0.4 is 10.5 Å². The molecule has 0 spiro atoms. The fourth-order valence-electron chi connectivity index (χ4n) is 1.02. The Labute approximate surface area is 87.8 Å². The number of hydrogen-bond donors (Lipinski definition) is 1. The van der Waals surface area contributed by atoms with E-state index in [0.29, 0.717) is 11.6 Å². The molecule has 0 heterocycles. The van der Waals surface area contributed by atoms with Crippen LogP contribution in [0.2, 0.25) is 0 Å². The van der Waals surface area contributed by atoms with E-state index in [1.165, 1.54) is 0 Å². The largest absolute Gasteiger partial charge is 0.484 e. The van der Waals surface area contributed by atoms with Crippen LogP contribution in [0, 0.1) is 0 Å². The summed E-state index contributed by atoms with van der Waals surface area (Å²) in [5.41, 5.74) is 6.08. The van der Waals surface area contributed by atoms with Crippen LogP contribution in [-0.2, 0) is 11.2 Å². The maximum Gasteiger partial charge on any atom is 0.255 e. The molecule has 0 atom stereocenters. The molecule has 0 aliphatic rings. The van der Waals surface area contributed by atoms with Crippen molar-refractivity contribution in [1.82, 2.24) is 0 Å². The first-order valence-corrected chi connectivity index (χ1v) is 4.82. The lowest BCUT2D eigenvalue weighted by Crippen LogP contribution is -2.19. The molecule has 0 saturated carbocycles. The highest BCUT2D eigenvalue weighted by atomic mass is 35.5. The van der Waals surface area contributed by atoms with E-state index in [2.05, 4.69) is 0 Å². The van der Waals surface area contributed by atoms with E-state index in [1.54, 1.807) is 12.1 Å². The van der Waals surface area contributed by atoms with Gasteiger partial charge in [-0.15, -0.1) is 11.6 Å². The molecule has 14 heavy (non-hydrogen) atoms. The van der Waals surface area contributed by atoms with Crippen molar-refractivity contribution in [1.29, 1.82) is 0 Å². The minimum absolute atomic E-state index is 0.0884. The van der Waals surface area contributed by atoms with Gasteiger partial charge in [0.1, 0.15) is 5.75 Å². The SMILES string of the molecule is NC(=O)COc1ccc(CCCl)cc1. The van der Waals surface area contributed by atoms with Gasteiger partial charge in [0.2, 0.25) is 0 Å². The number of amides is 1. The first kappa shape index (κ1) is 10.9. The monoisotopic (exact) mass is 213 g/mol. The summed E-state index contributed by atoms with van der Waals surface area (Å²) in [4.78, 5) is 10.4. The number of rotatable bonds is 5. The minimum Gasteiger partial charge on any atom is -0.484 e. The Morgan fingerprint density at radius 3 is 2.50 bits per heavy atom. The maximum atomic E-state index is 10.4. The molecule has 1 aromatic carbocycles. The van der Waals surface area contributed by atoms with Gasteiger partial charge < -0.3 is 10.5 Å². The van der Waals surface area contributed by atoms with E-state index in [0.717, 1.165) is 12.0 Å². The maximum absolute atomic E-state index is 10.4. The van der Waals surface area contributed by atoms with Crippen LogP contribution in [0.25, 0.3) is 0 Å². The van der Waals surface area contributed by atoms with E-state index >= 15 is 0 Å². The molecular weight excluding hydrogens is 202 g/mol. The summed E-state index contributed by atoms with van der Waals surface area (Å²) in [6.07, 6.45) is 0.831. The van der Waals surface area contributed by atoms with Gasteiger partial charge in [0.15, 0.2) is 6.61 Å². The smallest absolute Gasteiger partial charge is 0.255 e. The molecule has 0 aliphatic carbocycles. The number of hydrogen-bond acceptors (Lipinski definition) is 2. The zero-order valence-electron chi connectivity index (χ0n) is 7.70. The topological polar surface area (TPSA) is 52.3 Å². The summed E-state index contributed by atoms with van der Waals surface area (Å²) < 4.78 is 5.09. The third-order valence-corrected chi connectivity index (χ3v) is 1.88. The molecule has 4 heteroatoms. The van der Waals surface area contributed by atoms with Crippen molar-refractivity contribution in [2.75, 3.05) is 12.5 Å². The van der Waals surface area contributed by atoms with Crippen molar-refractivity contribution in [3.63, 3.8) is 0 Å². The molecule has 0 aliphatic heterocycles. The quantitative estimate of drug-likeness (QED) is 0.751. The Balaban J connectivity index is 2.50. The molecule has 3 nitrogen and oxygen atoms in total. The van der Waals surface area contributed by atoms with Gasteiger partial charge in [-0.05, 0) is 24.1 Å². The number of primary amides is 1. The van der Waals surface area contributed by atoms with Crippen LogP contribution in [-0.4, -0.2) is 18.4 Å². The summed E-state index contributed by atoms with van der Waals surface area (Å²) in [5, 5.41) is 0. The second kappa shape index (κ2) is 5.50. The van der Waals surface area contributed by atoms with E-state index in [-0.39, 0.29) is 6.61 Å². The second-order valence-electron chi connectivity index (χ2n) is 2.84. The van der Waals surface area contributed by atoms with Gasteiger partial charge in [-0.1, -0.05) is 12.1 Å². The van der Waals surface area contributed by atoms with Crippen molar-refractivity contribution >= 4 is 17.5 Å². The molecule has 2 N–H and O–H groups in total. The van der Waals surface area contributed by atoms with Crippen molar-refractivity contribution in [2.45, 2.75) is 6.42 Å². The van der Waals surface area contributed by atoms with Gasteiger partial charge in [0, 0.05) is 5.88 Å². The normalized spacial score (nSPS) is 9.79. The van der Waals surface area contributed by atoms with Gasteiger partial charge in [-0.25, -0.2) is 0 Å². The summed E-state index contributed by atoms with van der Waals surface area (Å²) >= 11 is 5.59. The zero-order chi connectivity index (χ0) is 10.4. The summed E-state index contributed by atoms with van der Waals surface area (Å²) in [7, 11) is 0. The summed E-state index contributed by atoms with van der Waals surface area (Å²) in [6.45, 7) is -0.0884. The Morgan fingerprint density at radius 1 is 1.36 bits per heavy atom. The van der Waals surface area contributed by atoms with Crippen molar-refractivity contribution < 1.29 is 9.53 Å². The van der Waals surface area contributed by atoms with Crippen LogP contribution in [0.5, 0.6) is 5.75 Å². The Morgan fingerprint density at radius 2 is 2.00 bits per heavy atom. The summed E-state index contributed by atoms with van der Waals surface area (Å²) in [6, 6.07) is 7.42. The van der Waals surface area contributed by atoms with Crippen LogP contribution in [0.3, 0.4) is 0 Å². The molecule has 1 amide bonds. The fraction of sp³-hybridized carbons (Fsp3) is 0.300. The lowest BCUT2D eigenvalue weighted by atomic mass is 10.2. The van der Waals surface area contributed by atoms with E-state index in [4.69, 9.17) is 22.1 Å². The zero-order valence-corrected chi connectivity index (χ0v) is 8.46. The molecule has 0 bridgehead atoms. The van der Waals surface area contributed by atoms with Crippen molar-refractivity contribution in [3.05, 3.63) is 29.8 Å². The third kappa shape index (κ3) is 3.66. The number of halogens is 1. The van der Waals surface area contributed by atoms with Gasteiger partial charge >= 0.3 is 0 Å². The van der Waals surface area contributed by atoms with E-state index in [9.17, 15) is 4.79 Å². The Hall–Kier alpha value is -1.22. The number of alkyl halides is 1. The molecule has 0 saturated heterocycles. The highest BCUT2D eigenvalue weighted by Crippen LogP contribution is 2.12. The van der Waals surface area contributed by atoms with Crippen molar-refractivity contribution in [3.8, 4) is 5.75 Å². The standard InChI is InChI=1S/C10H12ClNO2/c11-6-5-8-1-3-9(4-2-8)14-7-10(12)13/h1-4H,5-7H2,(H2,12,13). The number of aryl methyl sites for hydroxylation is 1. The van der Waals surface area contributed by atoms with E-state index in [1.807, 2.05) is 12.1 Å². The van der Waals surface area contributed by atoms with Crippen LogP contribution in [0.4, 0.5) is 0 Å². The molecule has 0 fully saturated rings. The lowest BCUT2D eigenvalue weighted by Gasteiger charge is -2.04. The molecular formula is C10H12ClNO2. The number of nitrogens with two attached hydrogens (primary N) is 1. The molecule has 0 aromatic heterocycles. The molecule has 0 unspecified atom stereocenters. The highest BCUT2D eigenvalue weighted by molar-refractivity contribution is 6.17. The molecule has 76 valence electrons. The third-order valence-electron chi connectivity index (χ3n) is 1.69. The van der Waals surface area contributed by atoms with Gasteiger partial charge in [0.05, 0.1) is 0 Å². The van der Waals surface area contributed by atoms with Crippen LogP contribution in [0.1, 0.15) is 5.56 Å². The minimum atomic E-state index is -0.477. The second-order valence-corrected chi connectivity index (χ2v) is 3.22. The fourth-order valence-corrected chi connectivity index (χ4v) is 1.23. The number of carbonyl (C=O) groups excluding carboxylic acids is 1. The predicted molar refractivity (Wildman–Crippen MR) is 55.6 cm³/mol. The number of ether oxygens (including phenoxy) is 1. The van der Waals surface area contributed by atoms with Crippen molar-refractivity contribution in [2.24, 2.45) is 5.73 Å². The highest BCUT2D eigenvalue weighted by Gasteiger charge is 1.97. The first-order valence-electron chi connectivity index (χ1n) is 4.28. The van der Waals surface area contributed by atoms with E-state index < -0.39 is 5.91 Å². The van der Waals surface area contributed by atoms with Gasteiger partial charge in [-0.2, -0.15) is 0 Å². The number of benzene rings is 1. The molecule has 1 rings (SSSR count). The number of carbonyl (C=O) groups is 1. The van der Waals surface area contributed by atoms with Crippen LogP contribution in [0.15, 0.2) is 24.3 Å². The van der Waals surface area contributed by atoms with Gasteiger partial charge in [-0.3, -0.25) is 4.79 Å². The summed E-state index contributed by atoms with van der Waals surface area (Å²) in [5.74, 6) is 0.763. The Bertz CT molecular complexity index is 297. The van der Waals surface area contributed by atoms with Gasteiger partial charge in [0.25, 0.3) is 5.91 Å². The lowest BCUT2D eigenvalue weighted by molar-refractivity contribution is -0.119. The average Bonchev–Trinajstić information content (AvgIpc) is 2.17. The van der Waals surface area contributed by atoms with Crippen LogP contribution >= 0.6 is 11.6 Å². The predicted octanol–water partition coefficient (Wildman–Crippen LogP) is 1.33. The first-order chi connectivity index (χ1) is 6.72. The average molecular weight is 214 g/mol. The Kier molecular flexibility index (Phi) is 4.26. The molecule has 0 radical (unpaired) electrons. The molecule has 1 aromatic rings.